The number of hydrogen-bond acceptors (Lipinski definition) is 7. The van der Waals surface area contributed by atoms with Crippen LogP contribution in [0.5, 0.6) is 0 Å². The highest BCUT2D eigenvalue weighted by atomic mass is 16.6. The van der Waals surface area contributed by atoms with Gasteiger partial charge in [-0.2, -0.15) is 0 Å². The van der Waals surface area contributed by atoms with Gasteiger partial charge in [0.2, 0.25) is 0 Å². The Balaban J connectivity index is 3.17. The molecule has 0 aliphatic carbocycles. The summed E-state index contributed by atoms with van der Waals surface area (Å²) in [7, 11) is 0. The van der Waals surface area contributed by atoms with Crippen molar-refractivity contribution < 1.29 is 29.1 Å². The first-order valence-corrected chi connectivity index (χ1v) is 4.76. The zero-order chi connectivity index (χ0) is 14.4. The van der Waals surface area contributed by atoms with Crippen LogP contribution in [0.1, 0.15) is 15.9 Å². The molecule has 19 heavy (non-hydrogen) atoms. The first-order valence-electron chi connectivity index (χ1n) is 4.76. The van der Waals surface area contributed by atoms with E-state index in [1.165, 1.54) is 24.3 Å². The first kappa shape index (κ1) is 14.0. The van der Waals surface area contributed by atoms with Gasteiger partial charge in [-0.15, -0.1) is 0 Å². The summed E-state index contributed by atoms with van der Waals surface area (Å²) in [6, 6.07) is 5.44. The summed E-state index contributed by atoms with van der Waals surface area (Å²) in [5.41, 5.74) is 9.17. The van der Waals surface area contributed by atoms with Crippen molar-refractivity contribution >= 4 is 24.1 Å². The van der Waals surface area contributed by atoms with Gasteiger partial charge in [0.15, 0.2) is 0 Å². The molecule has 0 saturated carbocycles. The summed E-state index contributed by atoms with van der Waals surface area (Å²) < 4.78 is 8.56. The van der Waals surface area contributed by atoms with E-state index in [0.29, 0.717) is 0 Å². The molecule has 0 spiro atoms. The number of carbonyl (C=O) groups is 3. The highest BCUT2D eigenvalue weighted by Crippen LogP contribution is 2.12. The summed E-state index contributed by atoms with van der Waals surface area (Å²) in [6.07, 6.45) is -2.55. The molecule has 0 heterocycles. The molecule has 0 saturated heterocycles. The lowest BCUT2D eigenvalue weighted by molar-refractivity contribution is 0.0637. The Bertz CT molecular complexity index is 554. The standard InChI is InChI=1S/C10H9N3O6/c11-9(15)18-7(13-17)5-3-1-2-4-6(5)8(14)19-10(12)16/h1-4,17H,(H2,11,15)(H2,12,16)/b13-7-. The van der Waals surface area contributed by atoms with Crippen LogP contribution in [0.4, 0.5) is 9.59 Å². The van der Waals surface area contributed by atoms with E-state index in [2.05, 4.69) is 14.6 Å². The molecule has 2 amide bonds. The van der Waals surface area contributed by atoms with Crippen LogP contribution in [0, 0.1) is 0 Å². The molecule has 0 radical (unpaired) electrons. The predicted octanol–water partition coefficient (Wildman–Crippen LogP) is 0.153. The van der Waals surface area contributed by atoms with E-state index < -0.39 is 24.1 Å². The van der Waals surface area contributed by atoms with E-state index in [0.717, 1.165) is 0 Å². The third-order valence-electron chi connectivity index (χ3n) is 1.86. The second-order valence-corrected chi connectivity index (χ2v) is 3.08. The molecule has 9 heteroatoms. The van der Waals surface area contributed by atoms with Gasteiger partial charge >= 0.3 is 18.2 Å². The van der Waals surface area contributed by atoms with Gasteiger partial charge in [-0.05, 0) is 17.3 Å². The lowest BCUT2D eigenvalue weighted by atomic mass is 10.1. The number of primary amides is 2. The minimum Gasteiger partial charge on any atom is -0.408 e. The number of oxime groups is 1. The first-order chi connectivity index (χ1) is 8.95. The van der Waals surface area contributed by atoms with Crippen LogP contribution in [-0.2, 0) is 9.47 Å². The van der Waals surface area contributed by atoms with Crippen molar-refractivity contribution in [2.45, 2.75) is 0 Å². The van der Waals surface area contributed by atoms with E-state index in [-0.39, 0.29) is 11.1 Å². The third-order valence-corrected chi connectivity index (χ3v) is 1.86. The van der Waals surface area contributed by atoms with Gasteiger partial charge in [0.05, 0.1) is 11.1 Å². The summed E-state index contributed by atoms with van der Waals surface area (Å²) in [6.45, 7) is 0. The van der Waals surface area contributed by atoms with Crippen molar-refractivity contribution in [3.05, 3.63) is 35.4 Å². The molecule has 0 aliphatic rings. The van der Waals surface area contributed by atoms with E-state index in [1.54, 1.807) is 0 Å². The average molecular weight is 267 g/mol. The minimum absolute atomic E-state index is 0.102. The Hall–Kier alpha value is -3.10. The van der Waals surface area contributed by atoms with Crippen molar-refractivity contribution in [2.24, 2.45) is 16.6 Å². The van der Waals surface area contributed by atoms with Crippen LogP contribution in [-0.4, -0.2) is 29.3 Å². The highest BCUT2D eigenvalue weighted by Gasteiger charge is 2.20. The Kier molecular flexibility index (Phi) is 4.41. The lowest BCUT2D eigenvalue weighted by Crippen LogP contribution is -2.23. The topological polar surface area (TPSA) is 154 Å². The second kappa shape index (κ2) is 6.00. The predicted molar refractivity (Wildman–Crippen MR) is 60.4 cm³/mol. The van der Waals surface area contributed by atoms with Gasteiger partial charge in [0, 0.05) is 0 Å². The van der Waals surface area contributed by atoms with Gasteiger partial charge in [-0.1, -0.05) is 12.1 Å². The summed E-state index contributed by atoms with van der Waals surface area (Å²) >= 11 is 0. The van der Waals surface area contributed by atoms with E-state index in [4.69, 9.17) is 16.7 Å². The van der Waals surface area contributed by atoms with Crippen LogP contribution in [0.15, 0.2) is 29.4 Å². The highest BCUT2D eigenvalue weighted by molar-refractivity contribution is 6.09. The number of esters is 1. The monoisotopic (exact) mass is 267 g/mol. The second-order valence-electron chi connectivity index (χ2n) is 3.08. The van der Waals surface area contributed by atoms with Gasteiger partial charge in [0.25, 0.3) is 5.90 Å². The minimum atomic E-state index is -1.31. The molecule has 1 aromatic rings. The van der Waals surface area contributed by atoms with Gasteiger partial charge in [-0.25, -0.2) is 14.4 Å². The average Bonchev–Trinajstić information content (AvgIpc) is 2.35. The molecule has 1 rings (SSSR count). The molecule has 100 valence electrons. The number of ether oxygens (including phenoxy) is 2. The fourth-order valence-corrected chi connectivity index (χ4v) is 1.22. The van der Waals surface area contributed by atoms with Gasteiger partial charge in [0.1, 0.15) is 0 Å². The summed E-state index contributed by atoms with van der Waals surface area (Å²) in [5.74, 6) is -1.72. The molecular weight excluding hydrogens is 258 g/mol. The fourth-order valence-electron chi connectivity index (χ4n) is 1.22. The van der Waals surface area contributed by atoms with Crippen molar-refractivity contribution in [1.82, 2.24) is 0 Å². The van der Waals surface area contributed by atoms with Crippen LogP contribution < -0.4 is 11.5 Å². The summed E-state index contributed by atoms with van der Waals surface area (Å²) in [5, 5.41) is 11.4. The van der Waals surface area contributed by atoms with E-state index in [9.17, 15) is 14.4 Å². The molecular formula is C10H9N3O6. The number of nitrogens with zero attached hydrogens (tertiary/aromatic N) is 1. The zero-order valence-electron chi connectivity index (χ0n) is 9.40. The van der Waals surface area contributed by atoms with Crippen molar-refractivity contribution in [3.8, 4) is 0 Å². The number of carbonyl (C=O) groups excluding carboxylic acids is 3. The SMILES string of the molecule is NC(=O)OC(=O)c1ccccc1/C(=N/O)OC(N)=O. The molecule has 1 aromatic carbocycles. The van der Waals surface area contributed by atoms with Crippen molar-refractivity contribution in [3.63, 3.8) is 0 Å². The van der Waals surface area contributed by atoms with Gasteiger partial charge < -0.3 is 26.1 Å². The molecule has 0 unspecified atom stereocenters. The van der Waals surface area contributed by atoms with Crippen LogP contribution in [0.25, 0.3) is 0 Å². The Labute approximate surface area is 106 Å². The van der Waals surface area contributed by atoms with Crippen molar-refractivity contribution in [1.29, 1.82) is 0 Å². The normalized spacial score (nSPS) is 10.6. The largest absolute Gasteiger partial charge is 0.412 e. The van der Waals surface area contributed by atoms with Gasteiger partial charge in [-0.3, -0.25) is 0 Å². The Morgan fingerprint density at radius 2 is 1.53 bits per heavy atom. The fraction of sp³-hybridized carbons (Fsp3) is 0. The van der Waals surface area contributed by atoms with Crippen LogP contribution in [0.3, 0.4) is 0 Å². The van der Waals surface area contributed by atoms with E-state index in [1.807, 2.05) is 0 Å². The van der Waals surface area contributed by atoms with Crippen molar-refractivity contribution in [2.75, 3.05) is 0 Å². The molecule has 0 bridgehead atoms. The molecule has 0 atom stereocenters. The zero-order valence-corrected chi connectivity index (χ0v) is 9.40. The number of benzene rings is 1. The summed E-state index contributed by atoms with van der Waals surface area (Å²) in [4.78, 5) is 32.7. The molecule has 0 aromatic heterocycles. The molecule has 5 N–H and O–H groups in total. The quantitative estimate of drug-likeness (QED) is 0.173. The number of nitrogens with two attached hydrogens (primary N) is 2. The Morgan fingerprint density at radius 1 is 1.00 bits per heavy atom. The maximum absolute atomic E-state index is 11.6. The van der Waals surface area contributed by atoms with Crippen LogP contribution >= 0.6 is 0 Å². The van der Waals surface area contributed by atoms with E-state index >= 15 is 0 Å². The van der Waals surface area contributed by atoms with Crippen LogP contribution in [0.2, 0.25) is 0 Å². The maximum atomic E-state index is 11.6. The maximum Gasteiger partial charge on any atom is 0.412 e. The number of hydrogen-bond donors (Lipinski definition) is 3. The molecule has 9 nitrogen and oxygen atoms in total. The number of rotatable bonds is 2. The Morgan fingerprint density at radius 3 is 2.00 bits per heavy atom. The third kappa shape index (κ3) is 3.70. The smallest absolute Gasteiger partial charge is 0.408 e. The lowest BCUT2D eigenvalue weighted by Gasteiger charge is -2.08. The molecule has 0 aliphatic heterocycles. The molecule has 0 fully saturated rings. The number of amides is 2.